The predicted molar refractivity (Wildman–Crippen MR) is 167 cm³/mol. The lowest BCUT2D eigenvalue weighted by molar-refractivity contribution is -0.166. The van der Waals surface area contributed by atoms with Gasteiger partial charge in [-0.1, -0.05) is 23.2 Å². The van der Waals surface area contributed by atoms with Crippen LogP contribution in [0.4, 0.5) is 0 Å². The van der Waals surface area contributed by atoms with E-state index in [4.69, 9.17) is 42.1 Å². The maximum atomic E-state index is 13.0. The molecule has 240 valence electrons. The third-order valence-electron chi connectivity index (χ3n) is 7.23. The van der Waals surface area contributed by atoms with Crippen molar-refractivity contribution in [2.45, 2.75) is 17.5 Å². The highest BCUT2D eigenvalue weighted by Crippen LogP contribution is 2.41. The summed E-state index contributed by atoms with van der Waals surface area (Å²) < 4.78 is 21.5. The van der Waals surface area contributed by atoms with Gasteiger partial charge >= 0.3 is 5.97 Å². The van der Waals surface area contributed by atoms with Crippen LogP contribution >= 0.6 is 35.0 Å². The van der Waals surface area contributed by atoms with Crippen LogP contribution in [0.2, 0.25) is 10.0 Å². The number of halogens is 2. The molecule has 4 unspecified atom stereocenters. The van der Waals surface area contributed by atoms with E-state index in [2.05, 4.69) is 15.3 Å². The molecule has 2 aliphatic rings. The topological polar surface area (TPSA) is 169 Å². The van der Waals surface area contributed by atoms with E-state index < -0.39 is 46.7 Å². The second-order valence-electron chi connectivity index (χ2n) is 10.2. The van der Waals surface area contributed by atoms with E-state index in [-0.39, 0.29) is 25.6 Å². The zero-order chi connectivity index (χ0) is 32.1. The van der Waals surface area contributed by atoms with Gasteiger partial charge < -0.3 is 39.3 Å². The highest BCUT2D eigenvalue weighted by Gasteiger charge is 2.58. The van der Waals surface area contributed by atoms with Crippen LogP contribution < -0.4 is 15.6 Å². The van der Waals surface area contributed by atoms with Crippen LogP contribution in [-0.2, 0) is 28.6 Å². The first-order valence-corrected chi connectivity index (χ1v) is 15.7. The summed E-state index contributed by atoms with van der Waals surface area (Å²) in [5.41, 5.74) is 0.415. The number of nitrogens with one attached hydrogen (secondary N) is 2. The fourth-order valence-corrected chi connectivity index (χ4v) is 6.92. The van der Waals surface area contributed by atoms with Crippen molar-refractivity contribution in [2.24, 2.45) is 5.92 Å². The fraction of sp³-hybridized carbons (Fsp3) is 0.414. The number of aromatic nitrogens is 2. The largest absolute Gasteiger partial charge is 0.492 e. The van der Waals surface area contributed by atoms with E-state index in [0.29, 0.717) is 57.8 Å². The number of carbonyl (C=O) groups is 3. The average molecular weight is 682 g/mol. The maximum Gasteiger partial charge on any atom is 0.326 e. The van der Waals surface area contributed by atoms with Crippen LogP contribution in [0.25, 0.3) is 22.3 Å². The Bertz CT molecular complexity index is 1640. The number of methoxy groups -OCH3 is 1. The number of aliphatic carboxylic acids is 1. The van der Waals surface area contributed by atoms with Crippen LogP contribution in [0.15, 0.2) is 41.2 Å². The normalized spacial score (nSPS) is 20.9. The molecule has 13 nitrogen and oxygen atoms in total. The third kappa shape index (κ3) is 7.54. The van der Waals surface area contributed by atoms with Crippen molar-refractivity contribution in [3.05, 3.63) is 56.8 Å². The molecule has 2 fully saturated rings. The molecule has 3 heterocycles. The SMILES string of the molecule is COCCOCCOCC(=O)NC1C(=O)N2C1SCC(COc1ccc(Cl)cc1-c1nc3ccc(Cl)cc3c(=O)[nH]1)C2C(=O)O. The second kappa shape index (κ2) is 14.8. The van der Waals surface area contributed by atoms with E-state index >= 15 is 0 Å². The first kappa shape index (κ1) is 33.0. The summed E-state index contributed by atoms with van der Waals surface area (Å²) in [6.45, 7) is 1.03. The van der Waals surface area contributed by atoms with Gasteiger partial charge in [0.25, 0.3) is 5.56 Å². The van der Waals surface area contributed by atoms with Gasteiger partial charge in [-0.15, -0.1) is 11.8 Å². The molecule has 0 bridgehead atoms. The summed E-state index contributed by atoms with van der Waals surface area (Å²) in [4.78, 5) is 59.1. The number of H-pyrrole nitrogens is 1. The van der Waals surface area contributed by atoms with Gasteiger partial charge in [0.1, 0.15) is 35.6 Å². The summed E-state index contributed by atoms with van der Waals surface area (Å²) in [6, 6.07) is 7.53. The highest BCUT2D eigenvalue weighted by molar-refractivity contribution is 8.00. The van der Waals surface area contributed by atoms with Crippen molar-refractivity contribution in [3.63, 3.8) is 0 Å². The predicted octanol–water partition coefficient (Wildman–Crippen LogP) is 2.42. The van der Waals surface area contributed by atoms with Crippen molar-refractivity contribution >= 4 is 63.7 Å². The lowest BCUT2D eigenvalue weighted by atomic mass is 9.94. The molecule has 2 amide bonds. The number of benzene rings is 2. The molecular weight excluding hydrogens is 651 g/mol. The Kier molecular flexibility index (Phi) is 10.8. The molecule has 0 aliphatic carbocycles. The molecule has 4 atom stereocenters. The van der Waals surface area contributed by atoms with Gasteiger partial charge in [0, 0.05) is 28.8 Å². The minimum absolute atomic E-state index is 0.0557. The van der Waals surface area contributed by atoms with Crippen molar-refractivity contribution in [1.82, 2.24) is 20.2 Å². The first-order chi connectivity index (χ1) is 21.7. The van der Waals surface area contributed by atoms with Crippen LogP contribution in [0.1, 0.15) is 0 Å². The van der Waals surface area contributed by atoms with Gasteiger partial charge in [-0.3, -0.25) is 14.4 Å². The number of ether oxygens (including phenoxy) is 4. The maximum absolute atomic E-state index is 13.0. The number of β-lactam (4-membered cyclic amide) rings is 1. The number of amides is 2. The Morgan fingerprint density at radius 1 is 1.09 bits per heavy atom. The van der Waals surface area contributed by atoms with Crippen LogP contribution in [0.5, 0.6) is 5.75 Å². The van der Waals surface area contributed by atoms with Crippen LogP contribution in [0.3, 0.4) is 0 Å². The number of carboxylic acids is 1. The smallest absolute Gasteiger partial charge is 0.326 e. The Labute approximate surface area is 271 Å². The Hall–Kier alpha value is -3.40. The summed E-state index contributed by atoms with van der Waals surface area (Å²) in [5, 5.41) is 13.3. The molecule has 2 aliphatic heterocycles. The van der Waals surface area contributed by atoms with E-state index in [9.17, 15) is 24.3 Å². The molecule has 0 spiro atoms. The van der Waals surface area contributed by atoms with E-state index in [0.717, 1.165) is 0 Å². The summed E-state index contributed by atoms with van der Waals surface area (Å²) in [6.07, 6.45) is 0. The molecule has 0 radical (unpaired) electrons. The second-order valence-corrected chi connectivity index (χ2v) is 12.3. The highest BCUT2D eigenvalue weighted by atomic mass is 35.5. The number of thioether (sulfide) groups is 1. The van der Waals surface area contributed by atoms with Gasteiger partial charge in [0.05, 0.1) is 49.5 Å². The van der Waals surface area contributed by atoms with Gasteiger partial charge in [-0.2, -0.15) is 0 Å². The number of fused-ring (bicyclic) bond motifs is 2. The molecule has 5 rings (SSSR count). The zero-order valence-electron chi connectivity index (χ0n) is 24.0. The third-order valence-corrected chi connectivity index (χ3v) is 9.16. The lowest BCUT2D eigenvalue weighted by Crippen LogP contribution is -2.76. The quantitative estimate of drug-likeness (QED) is 0.169. The standard InChI is InChI=1S/C29H30Cl2N4O9S/c1-41-6-7-42-8-9-43-13-22(36)33-23-27(38)35-24(29(39)40)15(14-45-28(23)35)12-44-21-5-3-17(31)11-19(21)25-32-20-4-2-16(30)10-18(20)26(37)34-25/h2-5,10-11,15,23-24,28H,6-9,12-14H2,1H3,(H,33,36)(H,39,40)(H,32,34,37). The van der Waals surface area contributed by atoms with E-state index in [1.54, 1.807) is 37.4 Å². The lowest BCUT2D eigenvalue weighted by Gasteiger charge is -2.54. The molecule has 2 aromatic carbocycles. The molecular formula is C29H30Cl2N4O9S. The summed E-state index contributed by atoms with van der Waals surface area (Å²) in [5.74, 6) is -1.87. The minimum Gasteiger partial charge on any atom is -0.492 e. The Morgan fingerprint density at radius 2 is 1.82 bits per heavy atom. The van der Waals surface area contributed by atoms with Gasteiger partial charge in [0.15, 0.2) is 0 Å². The van der Waals surface area contributed by atoms with Gasteiger partial charge in [-0.05, 0) is 36.4 Å². The number of carbonyl (C=O) groups excluding carboxylic acids is 2. The molecule has 1 aromatic heterocycles. The molecule has 45 heavy (non-hydrogen) atoms. The summed E-state index contributed by atoms with van der Waals surface area (Å²) in [7, 11) is 1.56. The van der Waals surface area contributed by atoms with Crippen molar-refractivity contribution < 1.29 is 38.4 Å². The zero-order valence-corrected chi connectivity index (χ0v) is 26.3. The Balaban J connectivity index is 1.22. The van der Waals surface area contributed by atoms with Crippen LogP contribution in [0, 0.1) is 5.92 Å². The van der Waals surface area contributed by atoms with Gasteiger partial charge in [0.2, 0.25) is 11.8 Å². The molecule has 3 aromatic rings. The number of rotatable bonds is 14. The molecule has 16 heteroatoms. The minimum atomic E-state index is -1.18. The molecule has 0 saturated carbocycles. The van der Waals surface area contributed by atoms with E-state index in [1.807, 2.05) is 0 Å². The number of nitrogens with zero attached hydrogens (tertiary/aromatic N) is 2. The van der Waals surface area contributed by atoms with Gasteiger partial charge in [-0.25, -0.2) is 9.78 Å². The Morgan fingerprint density at radius 3 is 2.60 bits per heavy atom. The van der Waals surface area contributed by atoms with Crippen molar-refractivity contribution in [1.29, 1.82) is 0 Å². The summed E-state index contributed by atoms with van der Waals surface area (Å²) >= 11 is 13.7. The van der Waals surface area contributed by atoms with Crippen LogP contribution in [-0.4, -0.2) is 108 Å². The number of aromatic amines is 1. The number of hydrogen-bond acceptors (Lipinski definition) is 10. The molecule has 3 N–H and O–H groups in total. The monoisotopic (exact) mass is 680 g/mol. The molecule has 2 saturated heterocycles. The average Bonchev–Trinajstić information content (AvgIpc) is 3.02. The van der Waals surface area contributed by atoms with Crippen molar-refractivity contribution in [2.75, 3.05) is 52.5 Å². The number of carboxylic acid groups (broad SMARTS) is 1. The number of hydrogen-bond donors (Lipinski definition) is 3. The van der Waals surface area contributed by atoms with E-state index in [1.165, 1.54) is 22.7 Å². The fourth-order valence-electron chi connectivity index (χ4n) is 5.08. The van der Waals surface area contributed by atoms with Crippen molar-refractivity contribution in [3.8, 4) is 17.1 Å². The first-order valence-electron chi connectivity index (χ1n) is 13.9.